The summed E-state index contributed by atoms with van der Waals surface area (Å²) in [4.78, 5) is 0. The Morgan fingerprint density at radius 1 is 1.70 bits per heavy atom. The average molecular weight is 161 g/mol. The van der Waals surface area contributed by atoms with E-state index in [-0.39, 0.29) is 5.54 Å². The SMILES string of the molecule is CNC1(CCO)CCSC1. The Morgan fingerprint density at radius 2 is 2.50 bits per heavy atom. The van der Waals surface area contributed by atoms with Gasteiger partial charge in [-0.15, -0.1) is 0 Å². The fraction of sp³-hybridized carbons (Fsp3) is 1.00. The molecule has 2 N–H and O–H groups in total. The highest BCUT2D eigenvalue weighted by Gasteiger charge is 2.31. The van der Waals surface area contributed by atoms with Crippen molar-refractivity contribution in [2.45, 2.75) is 18.4 Å². The second-order valence-electron chi connectivity index (χ2n) is 2.81. The summed E-state index contributed by atoms with van der Waals surface area (Å²) >= 11 is 1.97. The molecule has 0 spiro atoms. The van der Waals surface area contributed by atoms with Gasteiger partial charge in [-0.05, 0) is 25.6 Å². The maximum absolute atomic E-state index is 8.77. The molecule has 60 valence electrons. The predicted octanol–water partition coefficient (Wildman–Crippen LogP) is 0.464. The monoisotopic (exact) mass is 161 g/mol. The highest BCUT2D eigenvalue weighted by atomic mass is 32.2. The Balaban J connectivity index is 2.41. The van der Waals surface area contributed by atoms with Crippen LogP contribution in [0.5, 0.6) is 0 Å². The number of rotatable bonds is 3. The Labute approximate surface area is 66.4 Å². The van der Waals surface area contributed by atoms with Crippen LogP contribution in [0.4, 0.5) is 0 Å². The van der Waals surface area contributed by atoms with E-state index < -0.39 is 0 Å². The molecule has 1 fully saturated rings. The molecule has 0 aromatic rings. The lowest BCUT2D eigenvalue weighted by atomic mass is 9.95. The van der Waals surface area contributed by atoms with E-state index in [0.29, 0.717) is 6.61 Å². The normalized spacial score (nSPS) is 33.0. The summed E-state index contributed by atoms with van der Waals surface area (Å²) in [5.41, 5.74) is 0.249. The second kappa shape index (κ2) is 3.60. The van der Waals surface area contributed by atoms with Crippen LogP contribution in [0.2, 0.25) is 0 Å². The Bertz CT molecular complexity index is 102. The van der Waals surface area contributed by atoms with E-state index in [9.17, 15) is 0 Å². The maximum Gasteiger partial charge on any atom is 0.0448 e. The molecule has 1 aliphatic heterocycles. The third-order valence-electron chi connectivity index (χ3n) is 2.22. The molecule has 0 amide bonds. The van der Waals surface area contributed by atoms with Crippen LogP contribution in [0.1, 0.15) is 12.8 Å². The van der Waals surface area contributed by atoms with E-state index in [2.05, 4.69) is 5.32 Å². The van der Waals surface area contributed by atoms with Crippen LogP contribution in [-0.4, -0.2) is 35.8 Å². The lowest BCUT2D eigenvalue weighted by molar-refractivity contribution is 0.230. The van der Waals surface area contributed by atoms with Gasteiger partial charge >= 0.3 is 0 Å². The first-order chi connectivity index (χ1) is 4.83. The van der Waals surface area contributed by atoms with Crippen LogP contribution in [0, 0.1) is 0 Å². The molecule has 1 rings (SSSR count). The van der Waals surface area contributed by atoms with E-state index in [0.717, 1.165) is 12.2 Å². The van der Waals surface area contributed by atoms with Crippen molar-refractivity contribution in [3.8, 4) is 0 Å². The maximum atomic E-state index is 8.77. The lowest BCUT2D eigenvalue weighted by Gasteiger charge is -2.26. The number of hydrogen-bond acceptors (Lipinski definition) is 3. The molecule has 1 saturated heterocycles. The van der Waals surface area contributed by atoms with Crippen molar-refractivity contribution in [1.29, 1.82) is 0 Å². The van der Waals surface area contributed by atoms with E-state index in [1.807, 2.05) is 18.8 Å². The van der Waals surface area contributed by atoms with Crippen molar-refractivity contribution in [3.05, 3.63) is 0 Å². The number of aliphatic hydroxyl groups excluding tert-OH is 1. The predicted molar refractivity (Wildman–Crippen MR) is 45.4 cm³/mol. The minimum atomic E-state index is 0.249. The first kappa shape index (κ1) is 8.37. The van der Waals surface area contributed by atoms with Gasteiger partial charge in [0.2, 0.25) is 0 Å². The molecule has 0 aromatic carbocycles. The van der Waals surface area contributed by atoms with Crippen LogP contribution in [0.25, 0.3) is 0 Å². The number of aliphatic hydroxyl groups is 1. The molecule has 10 heavy (non-hydrogen) atoms. The molecule has 1 atom stereocenters. The van der Waals surface area contributed by atoms with Crippen molar-refractivity contribution in [3.63, 3.8) is 0 Å². The van der Waals surface area contributed by atoms with Gasteiger partial charge in [0.25, 0.3) is 0 Å². The van der Waals surface area contributed by atoms with Crippen LogP contribution in [0.15, 0.2) is 0 Å². The minimum Gasteiger partial charge on any atom is -0.396 e. The summed E-state index contributed by atoms with van der Waals surface area (Å²) < 4.78 is 0. The summed E-state index contributed by atoms with van der Waals surface area (Å²) in [5, 5.41) is 12.1. The summed E-state index contributed by atoms with van der Waals surface area (Å²) in [6, 6.07) is 0. The van der Waals surface area contributed by atoms with Crippen molar-refractivity contribution in [2.75, 3.05) is 25.2 Å². The van der Waals surface area contributed by atoms with Crippen molar-refractivity contribution < 1.29 is 5.11 Å². The Morgan fingerprint density at radius 3 is 2.90 bits per heavy atom. The lowest BCUT2D eigenvalue weighted by Crippen LogP contribution is -2.43. The highest BCUT2D eigenvalue weighted by Crippen LogP contribution is 2.29. The second-order valence-corrected chi connectivity index (χ2v) is 3.91. The van der Waals surface area contributed by atoms with E-state index in [4.69, 9.17) is 5.11 Å². The first-order valence-corrected chi connectivity index (χ1v) is 4.86. The molecule has 1 heterocycles. The Kier molecular flexibility index (Phi) is 3.01. The standard InChI is InChI=1S/C7H15NOS/c1-8-7(2-4-9)3-5-10-6-7/h8-9H,2-6H2,1H3. The van der Waals surface area contributed by atoms with Gasteiger partial charge in [-0.3, -0.25) is 0 Å². The van der Waals surface area contributed by atoms with E-state index in [1.165, 1.54) is 12.2 Å². The van der Waals surface area contributed by atoms with Crippen LogP contribution in [0.3, 0.4) is 0 Å². The molecular formula is C7H15NOS. The fourth-order valence-electron chi connectivity index (χ4n) is 1.34. The molecule has 1 aliphatic rings. The van der Waals surface area contributed by atoms with Gasteiger partial charge in [0, 0.05) is 17.9 Å². The number of nitrogens with one attached hydrogen (secondary N) is 1. The molecule has 0 aromatic heterocycles. The first-order valence-electron chi connectivity index (χ1n) is 3.70. The highest BCUT2D eigenvalue weighted by molar-refractivity contribution is 7.99. The molecule has 1 unspecified atom stereocenters. The third-order valence-corrected chi connectivity index (χ3v) is 3.47. The zero-order chi connectivity index (χ0) is 7.45. The van der Waals surface area contributed by atoms with Crippen molar-refractivity contribution >= 4 is 11.8 Å². The van der Waals surface area contributed by atoms with Gasteiger partial charge in [-0.1, -0.05) is 0 Å². The molecule has 0 saturated carbocycles. The largest absolute Gasteiger partial charge is 0.396 e. The molecule has 0 radical (unpaired) electrons. The third kappa shape index (κ3) is 1.65. The van der Waals surface area contributed by atoms with Gasteiger partial charge in [-0.25, -0.2) is 0 Å². The van der Waals surface area contributed by atoms with Crippen LogP contribution < -0.4 is 5.32 Å². The average Bonchev–Trinajstić information content (AvgIpc) is 2.39. The van der Waals surface area contributed by atoms with E-state index in [1.54, 1.807) is 0 Å². The number of thioether (sulfide) groups is 1. The van der Waals surface area contributed by atoms with Crippen molar-refractivity contribution in [2.24, 2.45) is 0 Å². The molecule has 0 aliphatic carbocycles. The summed E-state index contributed by atoms with van der Waals surface area (Å²) in [6.45, 7) is 0.307. The van der Waals surface area contributed by atoms with Gasteiger partial charge in [-0.2, -0.15) is 11.8 Å². The molecular weight excluding hydrogens is 146 g/mol. The topological polar surface area (TPSA) is 32.3 Å². The molecule has 0 bridgehead atoms. The van der Waals surface area contributed by atoms with Crippen LogP contribution in [-0.2, 0) is 0 Å². The number of hydrogen-bond donors (Lipinski definition) is 2. The smallest absolute Gasteiger partial charge is 0.0448 e. The molecule has 2 nitrogen and oxygen atoms in total. The summed E-state index contributed by atoms with van der Waals surface area (Å²) in [7, 11) is 1.99. The van der Waals surface area contributed by atoms with Crippen molar-refractivity contribution in [1.82, 2.24) is 5.32 Å². The van der Waals surface area contributed by atoms with E-state index >= 15 is 0 Å². The zero-order valence-electron chi connectivity index (χ0n) is 6.39. The quantitative estimate of drug-likeness (QED) is 0.631. The Hall–Kier alpha value is 0.270. The minimum absolute atomic E-state index is 0.249. The van der Waals surface area contributed by atoms with Gasteiger partial charge < -0.3 is 10.4 Å². The van der Waals surface area contributed by atoms with Gasteiger partial charge in [0.05, 0.1) is 0 Å². The van der Waals surface area contributed by atoms with Gasteiger partial charge in [0.1, 0.15) is 0 Å². The summed E-state index contributed by atoms with van der Waals surface area (Å²) in [6.07, 6.45) is 2.10. The zero-order valence-corrected chi connectivity index (χ0v) is 7.21. The van der Waals surface area contributed by atoms with Gasteiger partial charge in [0.15, 0.2) is 0 Å². The molecule has 3 heteroatoms. The fourth-order valence-corrected chi connectivity index (χ4v) is 2.84. The van der Waals surface area contributed by atoms with Crippen LogP contribution >= 0.6 is 11.8 Å². The summed E-state index contributed by atoms with van der Waals surface area (Å²) in [5.74, 6) is 2.39.